The summed E-state index contributed by atoms with van der Waals surface area (Å²) in [7, 11) is 0. The Bertz CT molecular complexity index is 1350. The van der Waals surface area contributed by atoms with Crippen molar-refractivity contribution in [2.24, 2.45) is 5.92 Å². The van der Waals surface area contributed by atoms with Gasteiger partial charge in [-0.05, 0) is 63.9 Å². The average molecular weight is 486 g/mol. The second-order valence-electron chi connectivity index (χ2n) is 9.60. The van der Waals surface area contributed by atoms with Crippen LogP contribution in [0.3, 0.4) is 0 Å². The number of hydrogen-bond donors (Lipinski definition) is 2. The molecule has 0 radical (unpaired) electrons. The van der Waals surface area contributed by atoms with Crippen molar-refractivity contribution in [3.05, 3.63) is 82.9 Å². The molecular weight excluding hydrogens is 454 g/mol. The fourth-order valence-electron chi connectivity index (χ4n) is 5.38. The molecule has 3 aromatic rings. The number of carbonyl (C=O) groups is 2. The molecule has 7 nitrogen and oxygen atoms in total. The number of aryl methyl sites for hydroxylation is 3. The lowest BCUT2D eigenvalue weighted by Gasteiger charge is -2.55. The molecule has 2 aliphatic rings. The zero-order valence-corrected chi connectivity index (χ0v) is 21.2. The molecule has 2 aliphatic heterocycles. The van der Waals surface area contributed by atoms with Gasteiger partial charge in [0.15, 0.2) is 11.5 Å². The van der Waals surface area contributed by atoms with Crippen LogP contribution < -0.4 is 25.0 Å². The van der Waals surface area contributed by atoms with Crippen LogP contribution in [0.2, 0.25) is 0 Å². The van der Waals surface area contributed by atoms with Crippen LogP contribution in [0.5, 0.6) is 11.5 Å². The first-order valence-electron chi connectivity index (χ1n) is 12.2. The molecule has 3 amide bonds. The van der Waals surface area contributed by atoms with Gasteiger partial charge in [-0.1, -0.05) is 48.0 Å². The van der Waals surface area contributed by atoms with E-state index in [0.29, 0.717) is 23.8 Å². The van der Waals surface area contributed by atoms with E-state index in [1.54, 1.807) is 4.90 Å². The van der Waals surface area contributed by atoms with E-state index in [4.69, 9.17) is 9.47 Å². The normalized spacial score (nSPS) is 22.2. The molecule has 0 saturated carbocycles. The van der Waals surface area contributed by atoms with Crippen LogP contribution in [-0.4, -0.2) is 24.3 Å². The number of nitrogens with zero attached hydrogens (tertiary/aromatic N) is 1. The number of para-hydroxylation sites is 2. The molecule has 1 saturated heterocycles. The average Bonchev–Trinajstić information content (AvgIpc) is 2.82. The maximum Gasteiger partial charge on any atom is 0.325 e. The molecule has 3 aromatic carbocycles. The number of ether oxygens (including phenoxy) is 2. The van der Waals surface area contributed by atoms with Gasteiger partial charge in [-0.3, -0.25) is 9.69 Å². The quantitative estimate of drug-likeness (QED) is 0.490. The fourth-order valence-corrected chi connectivity index (χ4v) is 5.38. The van der Waals surface area contributed by atoms with Crippen molar-refractivity contribution in [1.29, 1.82) is 0 Å². The van der Waals surface area contributed by atoms with Crippen molar-refractivity contribution >= 4 is 23.3 Å². The lowest BCUT2D eigenvalue weighted by Crippen LogP contribution is -2.72. The number of benzene rings is 3. The molecular formula is C29H31N3O4. The molecule has 3 atom stereocenters. The van der Waals surface area contributed by atoms with E-state index >= 15 is 0 Å². The topological polar surface area (TPSA) is 79.9 Å². The Labute approximate surface area is 211 Å². The summed E-state index contributed by atoms with van der Waals surface area (Å²) in [6.07, 6.45) is 0. The van der Waals surface area contributed by atoms with Crippen LogP contribution in [0, 0.1) is 26.7 Å². The van der Waals surface area contributed by atoms with Gasteiger partial charge in [0.1, 0.15) is 5.92 Å². The zero-order valence-electron chi connectivity index (χ0n) is 21.2. The molecule has 1 fully saturated rings. The second-order valence-corrected chi connectivity index (χ2v) is 9.60. The van der Waals surface area contributed by atoms with E-state index in [-0.39, 0.29) is 11.9 Å². The van der Waals surface area contributed by atoms with E-state index in [1.807, 2.05) is 95.3 Å². The van der Waals surface area contributed by atoms with Crippen LogP contribution in [0.4, 0.5) is 16.2 Å². The number of carbonyl (C=O) groups excluding carboxylic acids is 2. The van der Waals surface area contributed by atoms with Crippen molar-refractivity contribution in [1.82, 2.24) is 5.32 Å². The van der Waals surface area contributed by atoms with Crippen molar-refractivity contribution < 1.29 is 19.1 Å². The number of urea groups is 1. The van der Waals surface area contributed by atoms with Crippen molar-refractivity contribution in [3.63, 3.8) is 0 Å². The first kappa shape index (κ1) is 23.7. The Hall–Kier alpha value is -4.00. The van der Waals surface area contributed by atoms with Gasteiger partial charge < -0.3 is 20.1 Å². The molecule has 2 bridgehead atoms. The Balaban J connectivity index is 1.66. The van der Waals surface area contributed by atoms with Gasteiger partial charge in [-0.25, -0.2) is 4.79 Å². The molecule has 186 valence electrons. The summed E-state index contributed by atoms with van der Waals surface area (Å²) in [6, 6.07) is 18.2. The summed E-state index contributed by atoms with van der Waals surface area (Å²) in [5, 5.41) is 6.21. The summed E-state index contributed by atoms with van der Waals surface area (Å²) < 4.78 is 12.5. The van der Waals surface area contributed by atoms with Crippen LogP contribution in [0.25, 0.3) is 0 Å². The van der Waals surface area contributed by atoms with Gasteiger partial charge in [0.05, 0.1) is 18.3 Å². The van der Waals surface area contributed by atoms with Crippen LogP contribution >= 0.6 is 0 Å². The molecule has 7 heteroatoms. The summed E-state index contributed by atoms with van der Waals surface area (Å²) in [5.74, 6) is 0.140. The molecule has 0 spiro atoms. The largest absolute Gasteiger partial charge is 0.490 e. The van der Waals surface area contributed by atoms with Crippen LogP contribution in [0.1, 0.15) is 42.1 Å². The Morgan fingerprint density at radius 3 is 2.58 bits per heavy atom. The highest BCUT2D eigenvalue weighted by molar-refractivity contribution is 6.02. The third-order valence-electron chi connectivity index (χ3n) is 7.07. The smallest absolute Gasteiger partial charge is 0.325 e. The summed E-state index contributed by atoms with van der Waals surface area (Å²) in [5.41, 5.74) is 3.79. The van der Waals surface area contributed by atoms with Gasteiger partial charge in [-0.2, -0.15) is 0 Å². The monoisotopic (exact) mass is 485 g/mol. The van der Waals surface area contributed by atoms with E-state index in [0.717, 1.165) is 27.9 Å². The van der Waals surface area contributed by atoms with Crippen LogP contribution in [-0.2, 0) is 4.79 Å². The highest BCUT2D eigenvalue weighted by atomic mass is 16.5. The Morgan fingerprint density at radius 1 is 1.08 bits per heavy atom. The van der Waals surface area contributed by atoms with Gasteiger partial charge in [0.25, 0.3) is 0 Å². The number of hydrogen-bond acceptors (Lipinski definition) is 4. The number of fused-ring (bicyclic) bond motifs is 4. The molecule has 5 rings (SSSR count). The van der Waals surface area contributed by atoms with E-state index < -0.39 is 17.7 Å². The zero-order chi connectivity index (χ0) is 25.6. The van der Waals surface area contributed by atoms with Crippen molar-refractivity contribution in [3.8, 4) is 11.5 Å². The number of rotatable bonds is 5. The first-order valence-corrected chi connectivity index (χ1v) is 12.2. The number of nitrogens with one attached hydrogen (secondary N) is 2. The van der Waals surface area contributed by atoms with Gasteiger partial charge >= 0.3 is 6.03 Å². The minimum Gasteiger partial charge on any atom is -0.490 e. The number of amides is 3. The predicted molar refractivity (Wildman–Crippen MR) is 140 cm³/mol. The second kappa shape index (κ2) is 8.90. The summed E-state index contributed by atoms with van der Waals surface area (Å²) in [6.45, 7) is 10.1. The SMILES string of the molecule is CCOc1cccc2c1O[C@@]1(C)[C@@H](C(=O)Nc3ccc(C)cc3C)[C@@H]2NC(=O)N1c1ccccc1C. The van der Waals surface area contributed by atoms with Crippen molar-refractivity contribution in [2.75, 3.05) is 16.8 Å². The highest BCUT2D eigenvalue weighted by Gasteiger charge is 2.61. The molecule has 36 heavy (non-hydrogen) atoms. The summed E-state index contributed by atoms with van der Waals surface area (Å²) >= 11 is 0. The van der Waals surface area contributed by atoms with Gasteiger partial charge in [-0.15, -0.1) is 0 Å². The summed E-state index contributed by atoms with van der Waals surface area (Å²) in [4.78, 5) is 29.2. The van der Waals surface area contributed by atoms with Crippen LogP contribution in [0.15, 0.2) is 60.7 Å². The molecule has 0 aromatic heterocycles. The lowest BCUT2D eigenvalue weighted by atomic mass is 9.78. The standard InChI is InChI=1S/C29H31N3O4/c1-6-35-23-13-9-11-20-25-24(27(33)30-21-15-14-17(2)16-19(21)4)29(5,36-26(20)23)32(28(34)31-25)22-12-8-7-10-18(22)3/h7-16,24-25H,6H2,1-5H3,(H,30,33)(H,31,34)/t24-,25-,29+/m1/s1. The molecule has 0 aliphatic carbocycles. The van der Waals surface area contributed by atoms with E-state index in [2.05, 4.69) is 10.6 Å². The Kier molecular flexibility index (Phi) is 5.86. The molecule has 2 N–H and O–H groups in total. The lowest BCUT2D eigenvalue weighted by molar-refractivity contribution is -0.131. The Morgan fingerprint density at radius 2 is 1.86 bits per heavy atom. The highest BCUT2D eigenvalue weighted by Crippen LogP contribution is 2.52. The molecule has 0 unspecified atom stereocenters. The fraction of sp³-hybridized carbons (Fsp3) is 0.310. The third kappa shape index (κ3) is 3.75. The van der Waals surface area contributed by atoms with E-state index in [1.165, 1.54) is 0 Å². The molecule has 2 heterocycles. The van der Waals surface area contributed by atoms with E-state index in [9.17, 15) is 9.59 Å². The maximum atomic E-state index is 14.0. The van der Waals surface area contributed by atoms with Gasteiger partial charge in [0.2, 0.25) is 11.6 Å². The number of anilines is 2. The first-order chi connectivity index (χ1) is 17.2. The minimum atomic E-state index is -1.32. The third-order valence-corrected chi connectivity index (χ3v) is 7.07. The minimum absolute atomic E-state index is 0.236. The van der Waals surface area contributed by atoms with Crippen molar-refractivity contribution in [2.45, 2.75) is 46.4 Å². The maximum absolute atomic E-state index is 14.0. The van der Waals surface area contributed by atoms with Gasteiger partial charge in [0, 0.05) is 11.3 Å². The predicted octanol–water partition coefficient (Wildman–Crippen LogP) is 5.64.